The van der Waals surface area contributed by atoms with Crippen molar-refractivity contribution in [3.63, 3.8) is 0 Å². The van der Waals surface area contributed by atoms with Crippen LogP contribution >= 0.6 is 20.7 Å². The molecule has 0 amide bonds. The zero-order valence-electron chi connectivity index (χ0n) is 9.57. The van der Waals surface area contributed by atoms with Gasteiger partial charge in [-0.2, -0.15) is 0 Å². The van der Waals surface area contributed by atoms with E-state index in [9.17, 15) is 0 Å². The first kappa shape index (κ1) is 12.5. The fraction of sp³-hybridized carbons (Fsp3) is 0.615. The molecule has 0 bridgehead atoms. The molecule has 90 valence electrons. The molecule has 0 aromatic rings. The molecule has 1 saturated carbocycles. The molecule has 0 saturated heterocycles. The van der Waals surface area contributed by atoms with Gasteiger partial charge in [-0.1, -0.05) is 45.7 Å². The first-order valence-corrected chi connectivity index (χ1v) is 8.53. The molecular weight excluding hydrogens is 313 g/mol. The van der Waals surface area contributed by atoms with Gasteiger partial charge in [0.2, 0.25) is 0 Å². The van der Waals surface area contributed by atoms with Gasteiger partial charge in [-0.05, 0) is 32.9 Å². The fourth-order valence-electron chi connectivity index (χ4n) is 2.16. The Morgan fingerprint density at radius 3 is 3.00 bits per heavy atom. The van der Waals surface area contributed by atoms with E-state index in [2.05, 4.69) is 20.2 Å². The summed E-state index contributed by atoms with van der Waals surface area (Å²) in [6, 6.07) is 0.266. The molecule has 1 fully saturated rings. The lowest BCUT2D eigenvalue weighted by molar-refractivity contribution is 0.0171. The number of nitrogens with two attached hydrogens (primary N) is 1. The molecular formula is C13H20INO. The first-order chi connectivity index (χ1) is 7.86. The highest BCUT2D eigenvalue weighted by Gasteiger charge is 2.21. The highest BCUT2D eigenvalue weighted by molar-refractivity contribution is 14.2. The van der Waals surface area contributed by atoms with Crippen LogP contribution in [0.25, 0.3) is 0 Å². The van der Waals surface area contributed by atoms with Crippen molar-refractivity contribution in [2.75, 3.05) is 6.61 Å². The second-order valence-electron chi connectivity index (χ2n) is 4.39. The molecule has 1 aliphatic heterocycles. The van der Waals surface area contributed by atoms with Crippen LogP contribution < -0.4 is 5.73 Å². The highest BCUT2D eigenvalue weighted by atomic mass is 127. The summed E-state index contributed by atoms with van der Waals surface area (Å²) in [7, 11) is 0. The Morgan fingerprint density at radius 2 is 2.25 bits per heavy atom. The Bertz CT molecular complexity index is 309. The smallest absolute Gasteiger partial charge is 0.0726 e. The summed E-state index contributed by atoms with van der Waals surface area (Å²) in [4.78, 5) is 0. The van der Waals surface area contributed by atoms with Crippen molar-refractivity contribution in [3.05, 3.63) is 21.8 Å². The van der Waals surface area contributed by atoms with Gasteiger partial charge < -0.3 is 10.5 Å². The average molecular weight is 333 g/mol. The second-order valence-corrected chi connectivity index (χ2v) is 6.55. The molecule has 2 aliphatic rings. The van der Waals surface area contributed by atoms with E-state index < -0.39 is 0 Å². The van der Waals surface area contributed by atoms with Crippen molar-refractivity contribution in [3.8, 4) is 0 Å². The molecule has 1 heterocycles. The lowest BCUT2D eigenvalue weighted by Gasteiger charge is -2.28. The molecule has 0 radical (unpaired) electrons. The zero-order chi connectivity index (χ0) is 11.2. The topological polar surface area (TPSA) is 35.2 Å². The van der Waals surface area contributed by atoms with E-state index in [0.717, 1.165) is 25.9 Å². The summed E-state index contributed by atoms with van der Waals surface area (Å²) >= 11 is 0.209. The molecule has 1 aliphatic carbocycles. The van der Waals surface area contributed by atoms with E-state index in [4.69, 9.17) is 10.5 Å². The van der Waals surface area contributed by atoms with Crippen molar-refractivity contribution in [1.29, 1.82) is 0 Å². The third-order valence-corrected chi connectivity index (χ3v) is 4.73. The summed E-state index contributed by atoms with van der Waals surface area (Å²) < 4.78 is 10.5. The van der Waals surface area contributed by atoms with E-state index in [-0.39, 0.29) is 26.8 Å². The maximum atomic E-state index is 6.04. The van der Waals surface area contributed by atoms with E-state index >= 15 is 0 Å². The normalized spacial score (nSPS) is 29.7. The molecule has 16 heavy (non-hydrogen) atoms. The van der Waals surface area contributed by atoms with E-state index in [1.807, 2.05) is 0 Å². The summed E-state index contributed by atoms with van der Waals surface area (Å²) in [5, 5.41) is 0. The lowest BCUT2D eigenvalue weighted by Crippen LogP contribution is -2.39. The van der Waals surface area contributed by atoms with E-state index in [1.54, 1.807) is 0 Å². The zero-order valence-corrected chi connectivity index (χ0v) is 11.7. The van der Waals surface area contributed by atoms with Crippen LogP contribution in [0.15, 0.2) is 21.8 Å². The molecule has 2 atom stereocenters. The third kappa shape index (κ3) is 3.79. The number of allylic oxidation sites excluding steroid dienone is 2. The quantitative estimate of drug-likeness (QED) is 0.803. The van der Waals surface area contributed by atoms with Gasteiger partial charge in [0, 0.05) is 6.04 Å². The maximum absolute atomic E-state index is 6.04. The number of halogens is 1. The van der Waals surface area contributed by atoms with Crippen molar-refractivity contribution < 1.29 is 4.74 Å². The van der Waals surface area contributed by atoms with Gasteiger partial charge in [-0.25, -0.2) is 0 Å². The van der Waals surface area contributed by atoms with Gasteiger partial charge in [-0.15, -0.1) is 0 Å². The Morgan fingerprint density at radius 1 is 1.38 bits per heavy atom. The van der Waals surface area contributed by atoms with Crippen LogP contribution in [0.2, 0.25) is 0 Å². The average Bonchev–Trinajstić information content (AvgIpc) is 2.33. The largest absolute Gasteiger partial charge is 0.376 e. The van der Waals surface area contributed by atoms with Gasteiger partial charge in [0.05, 0.1) is 12.7 Å². The van der Waals surface area contributed by atoms with Crippen molar-refractivity contribution in [1.82, 2.24) is 0 Å². The number of rotatable bonds is 4. The van der Waals surface area contributed by atoms with Crippen LogP contribution in [0.3, 0.4) is 0 Å². The lowest BCUT2D eigenvalue weighted by atomic mass is 9.93. The molecule has 2 N–H and O–H groups in total. The van der Waals surface area contributed by atoms with Crippen molar-refractivity contribution in [2.45, 2.75) is 44.2 Å². The molecule has 2 nitrogen and oxygen atoms in total. The van der Waals surface area contributed by atoms with E-state index in [1.165, 1.54) is 18.4 Å². The SMILES string of the molecule is N[C@H]1CCCC[C@H]1OCCC1=CC=IC=C1. The van der Waals surface area contributed by atoms with Gasteiger partial charge >= 0.3 is 0 Å². The van der Waals surface area contributed by atoms with E-state index in [0.29, 0.717) is 6.10 Å². The summed E-state index contributed by atoms with van der Waals surface area (Å²) in [5.41, 5.74) is 7.44. The van der Waals surface area contributed by atoms with Crippen LogP contribution in [-0.4, -0.2) is 22.8 Å². The Balaban J connectivity index is 1.69. The predicted octanol–water partition coefficient (Wildman–Crippen LogP) is 2.89. The molecule has 2 rings (SSSR count). The van der Waals surface area contributed by atoms with Crippen molar-refractivity contribution >= 4 is 24.7 Å². The monoisotopic (exact) mass is 333 g/mol. The minimum Gasteiger partial charge on any atom is -0.376 e. The van der Waals surface area contributed by atoms with Crippen LogP contribution in [0.5, 0.6) is 0 Å². The van der Waals surface area contributed by atoms with Gasteiger partial charge in [0.15, 0.2) is 0 Å². The Kier molecular flexibility index (Phi) is 5.19. The minimum atomic E-state index is 0.209. The maximum Gasteiger partial charge on any atom is 0.0726 e. The minimum absolute atomic E-state index is 0.209. The third-order valence-electron chi connectivity index (χ3n) is 3.18. The second kappa shape index (κ2) is 6.67. The summed E-state index contributed by atoms with van der Waals surface area (Å²) in [5.74, 6) is 0. The fourth-order valence-corrected chi connectivity index (χ4v) is 3.74. The molecule has 0 aromatic heterocycles. The number of hydrogen-bond acceptors (Lipinski definition) is 2. The summed E-state index contributed by atoms with van der Waals surface area (Å²) in [6.07, 6.45) is 10.7. The van der Waals surface area contributed by atoms with Crippen LogP contribution in [-0.2, 0) is 4.74 Å². The Labute approximate surface area is 108 Å². The number of hydrogen-bond donors (Lipinski definition) is 1. The van der Waals surface area contributed by atoms with Crippen LogP contribution in [0.1, 0.15) is 32.1 Å². The molecule has 0 unspecified atom stereocenters. The molecule has 3 heteroatoms. The highest BCUT2D eigenvalue weighted by Crippen LogP contribution is 2.20. The van der Waals surface area contributed by atoms with Crippen LogP contribution in [0, 0.1) is 0 Å². The van der Waals surface area contributed by atoms with Crippen LogP contribution in [0.4, 0.5) is 0 Å². The first-order valence-electron chi connectivity index (χ1n) is 6.04. The standard InChI is InChI=1S/C13H20INO/c15-12-3-1-2-4-13(12)16-10-7-11-5-8-14-9-6-11/h5-6,8-9,12-13H,1-4,7,10,15H2/t12-,13+/m0/s1. The molecule has 0 aromatic carbocycles. The van der Waals surface area contributed by atoms with Gasteiger partial charge in [-0.3, -0.25) is 0 Å². The van der Waals surface area contributed by atoms with Gasteiger partial charge in [0.25, 0.3) is 0 Å². The van der Waals surface area contributed by atoms with Crippen molar-refractivity contribution in [2.24, 2.45) is 5.73 Å². The predicted molar refractivity (Wildman–Crippen MR) is 78.1 cm³/mol. The molecule has 0 spiro atoms. The van der Waals surface area contributed by atoms with Gasteiger partial charge in [0.1, 0.15) is 0 Å². The Hall–Kier alpha value is -0.0000000000000000555. The number of ether oxygens (including phenoxy) is 1. The summed E-state index contributed by atoms with van der Waals surface area (Å²) in [6.45, 7) is 0.820.